The Bertz CT molecular complexity index is 485. The van der Waals surface area contributed by atoms with E-state index < -0.39 is 0 Å². The Morgan fingerprint density at radius 3 is 2.45 bits per heavy atom. The van der Waals surface area contributed by atoms with Gasteiger partial charge in [-0.3, -0.25) is 15.0 Å². The maximum absolute atomic E-state index is 10.9. The Kier molecular flexibility index (Phi) is 5.09. The molecule has 0 bridgehead atoms. The van der Waals surface area contributed by atoms with Crippen molar-refractivity contribution in [2.75, 3.05) is 27.3 Å². The Labute approximate surface area is 125 Å². The number of likely N-dealkylation sites (tertiary alicyclic amines) is 1. The predicted molar refractivity (Wildman–Crippen MR) is 77.7 cm³/mol. The molecule has 0 N–H and O–H groups in total. The topological polar surface area (TPSA) is 64.8 Å². The molecule has 1 fully saturated rings. The molecule has 1 saturated heterocycles. The summed E-state index contributed by atoms with van der Waals surface area (Å²) in [5, 5.41) is 10.9. The van der Waals surface area contributed by atoms with Crippen LogP contribution in [0.5, 0.6) is 0 Å². The van der Waals surface area contributed by atoms with E-state index in [4.69, 9.17) is 9.47 Å². The summed E-state index contributed by atoms with van der Waals surface area (Å²) < 4.78 is 11.3. The molecule has 0 spiro atoms. The first kappa shape index (κ1) is 15.4. The average Bonchev–Trinajstić information content (AvgIpc) is 2.82. The molecule has 1 aliphatic heterocycles. The van der Waals surface area contributed by atoms with Crippen LogP contribution in [0.4, 0.5) is 5.69 Å². The predicted octanol–water partition coefficient (Wildman–Crippen LogP) is 2.20. The monoisotopic (exact) mass is 344 g/mol. The molecule has 0 aliphatic carbocycles. The molecule has 0 saturated carbocycles. The lowest BCUT2D eigenvalue weighted by molar-refractivity contribution is -0.385. The molecule has 1 aromatic carbocycles. The van der Waals surface area contributed by atoms with Gasteiger partial charge in [-0.25, -0.2) is 0 Å². The zero-order valence-electron chi connectivity index (χ0n) is 11.4. The van der Waals surface area contributed by atoms with Crippen molar-refractivity contribution in [1.29, 1.82) is 0 Å². The van der Waals surface area contributed by atoms with E-state index in [1.165, 1.54) is 0 Å². The van der Waals surface area contributed by atoms with Gasteiger partial charge in [-0.1, -0.05) is 6.07 Å². The van der Waals surface area contributed by atoms with Gasteiger partial charge in [0.15, 0.2) is 0 Å². The average molecular weight is 345 g/mol. The van der Waals surface area contributed by atoms with Gasteiger partial charge in [-0.05, 0) is 27.6 Å². The molecule has 1 aliphatic rings. The lowest BCUT2D eigenvalue weighted by Crippen LogP contribution is -2.27. The minimum Gasteiger partial charge on any atom is -0.377 e. The third kappa shape index (κ3) is 3.35. The first-order valence-electron chi connectivity index (χ1n) is 6.26. The summed E-state index contributed by atoms with van der Waals surface area (Å²) in [7, 11) is 3.34. The van der Waals surface area contributed by atoms with E-state index in [1.807, 2.05) is 6.07 Å². The molecule has 2 rings (SSSR count). The number of nitrogens with zero attached hydrogens (tertiary/aromatic N) is 2. The fourth-order valence-corrected chi connectivity index (χ4v) is 2.85. The third-order valence-corrected chi connectivity index (χ3v) is 4.18. The van der Waals surface area contributed by atoms with E-state index in [2.05, 4.69) is 20.8 Å². The van der Waals surface area contributed by atoms with Gasteiger partial charge in [0.1, 0.15) is 0 Å². The first-order valence-corrected chi connectivity index (χ1v) is 7.05. The molecule has 110 valence electrons. The summed E-state index contributed by atoms with van der Waals surface area (Å²) in [6, 6.07) is 5.20. The van der Waals surface area contributed by atoms with Gasteiger partial charge in [0.25, 0.3) is 5.69 Å². The standard InChI is InChI=1S/C13H17BrN2O4/c1-19-12-7-15(8-13(12)20-2)6-9-3-4-10(14)11(5-9)16(17)18/h3-5,12-13H,6-8H2,1-2H3. The molecule has 1 aromatic rings. The van der Waals surface area contributed by atoms with Crippen LogP contribution in [0.25, 0.3) is 0 Å². The van der Waals surface area contributed by atoms with Gasteiger partial charge in [-0.2, -0.15) is 0 Å². The molecule has 2 atom stereocenters. The van der Waals surface area contributed by atoms with Gasteiger partial charge in [0, 0.05) is 39.9 Å². The second-order valence-electron chi connectivity index (χ2n) is 4.79. The molecule has 20 heavy (non-hydrogen) atoms. The second-order valence-corrected chi connectivity index (χ2v) is 5.64. The van der Waals surface area contributed by atoms with E-state index in [0.29, 0.717) is 11.0 Å². The normalized spacial score (nSPS) is 23.1. The van der Waals surface area contributed by atoms with Crippen molar-refractivity contribution in [1.82, 2.24) is 4.90 Å². The van der Waals surface area contributed by atoms with Gasteiger partial charge in [0.05, 0.1) is 21.6 Å². The van der Waals surface area contributed by atoms with Gasteiger partial charge in [-0.15, -0.1) is 0 Å². The smallest absolute Gasteiger partial charge is 0.283 e. The number of hydrogen-bond acceptors (Lipinski definition) is 5. The number of benzene rings is 1. The Balaban J connectivity index is 2.08. The zero-order chi connectivity index (χ0) is 14.7. The number of rotatable bonds is 5. The number of halogens is 1. The molecule has 0 aromatic heterocycles. The highest BCUT2D eigenvalue weighted by atomic mass is 79.9. The van der Waals surface area contributed by atoms with Gasteiger partial charge >= 0.3 is 0 Å². The Morgan fingerprint density at radius 1 is 1.35 bits per heavy atom. The van der Waals surface area contributed by atoms with Crippen LogP contribution in [-0.4, -0.2) is 49.3 Å². The maximum Gasteiger partial charge on any atom is 0.283 e. The third-order valence-electron chi connectivity index (χ3n) is 3.51. The van der Waals surface area contributed by atoms with E-state index in [1.54, 1.807) is 26.4 Å². The highest BCUT2D eigenvalue weighted by molar-refractivity contribution is 9.10. The van der Waals surface area contributed by atoms with Crippen LogP contribution in [-0.2, 0) is 16.0 Å². The lowest BCUT2D eigenvalue weighted by atomic mass is 10.2. The van der Waals surface area contributed by atoms with Crippen molar-refractivity contribution >= 4 is 21.6 Å². The largest absolute Gasteiger partial charge is 0.377 e. The van der Waals surface area contributed by atoms with Crippen LogP contribution in [0, 0.1) is 10.1 Å². The highest BCUT2D eigenvalue weighted by Crippen LogP contribution is 2.27. The molecular formula is C13H17BrN2O4. The number of hydrogen-bond donors (Lipinski definition) is 0. The van der Waals surface area contributed by atoms with Crippen LogP contribution in [0.3, 0.4) is 0 Å². The van der Waals surface area contributed by atoms with Gasteiger partial charge < -0.3 is 9.47 Å². The van der Waals surface area contributed by atoms with Crippen LogP contribution < -0.4 is 0 Å². The Hall–Kier alpha value is -1.02. The lowest BCUT2D eigenvalue weighted by Gasteiger charge is -2.15. The summed E-state index contributed by atoms with van der Waals surface area (Å²) >= 11 is 3.19. The number of methoxy groups -OCH3 is 2. The van der Waals surface area contributed by atoms with E-state index in [9.17, 15) is 10.1 Å². The van der Waals surface area contributed by atoms with Crippen molar-refractivity contribution in [2.45, 2.75) is 18.8 Å². The Morgan fingerprint density at radius 2 is 1.95 bits per heavy atom. The maximum atomic E-state index is 10.9. The van der Waals surface area contributed by atoms with Crippen molar-refractivity contribution in [3.8, 4) is 0 Å². The van der Waals surface area contributed by atoms with E-state index in [-0.39, 0.29) is 22.8 Å². The SMILES string of the molecule is COC1CN(Cc2ccc(Br)c([N+](=O)[O-])c2)CC1OC. The summed E-state index contributed by atoms with van der Waals surface area (Å²) in [5.41, 5.74) is 1.000. The van der Waals surface area contributed by atoms with Crippen LogP contribution in [0.1, 0.15) is 5.56 Å². The summed E-state index contributed by atoms with van der Waals surface area (Å²) in [4.78, 5) is 12.7. The summed E-state index contributed by atoms with van der Waals surface area (Å²) in [6.07, 6.45) is 0.0934. The molecule has 7 heteroatoms. The van der Waals surface area contributed by atoms with Crippen molar-refractivity contribution in [3.63, 3.8) is 0 Å². The van der Waals surface area contributed by atoms with Crippen molar-refractivity contribution < 1.29 is 14.4 Å². The summed E-state index contributed by atoms with van der Waals surface area (Å²) in [5.74, 6) is 0. The van der Waals surface area contributed by atoms with Crippen LogP contribution in [0.2, 0.25) is 0 Å². The molecule has 1 heterocycles. The molecule has 2 unspecified atom stereocenters. The molecule has 0 amide bonds. The molecule has 0 radical (unpaired) electrons. The van der Waals surface area contributed by atoms with Crippen molar-refractivity contribution in [2.24, 2.45) is 0 Å². The fourth-order valence-electron chi connectivity index (χ4n) is 2.46. The highest BCUT2D eigenvalue weighted by Gasteiger charge is 2.32. The molecular weight excluding hydrogens is 328 g/mol. The number of nitro groups is 1. The van der Waals surface area contributed by atoms with Gasteiger partial charge in [0.2, 0.25) is 0 Å². The molecule has 6 nitrogen and oxygen atoms in total. The quantitative estimate of drug-likeness (QED) is 0.605. The number of nitro benzene ring substituents is 1. The minimum absolute atomic E-state index is 0.0467. The first-order chi connectivity index (χ1) is 9.55. The van der Waals surface area contributed by atoms with Crippen molar-refractivity contribution in [3.05, 3.63) is 38.3 Å². The zero-order valence-corrected chi connectivity index (χ0v) is 13.0. The van der Waals surface area contributed by atoms with E-state index in [0.717, 1.165) is 18.7 Å². The summed E-state index contributed by atoms with van der Waals surface area (Å²) in [6.45, 7) is 2.17. The minimum atomic E-state index is -0.381. The fraction of sp³-hybridized carbons (Fsp3) is 0.538. The number of ether oxygens (including phenoxy) is 2. The second kappa shape index (κ2) is 6.62. The van der Waals surface area contributed by atoms with E-state index >= 15 is 0 Å². The van der Waals surface area contributed by atoms with Crippen LogP contribution in [0.15, 0.2) is 22.7 Å². The van der Waals surface area contributed by atoms with Crippen LogP contribution >= 0.6 is 15.9 Å².